The van der Waals surface area contributed by atoms with Crippen LogP contribution in [0.5, 0.6) is 0 Å². The fourth-order valence-corrected chi connectivity index (χ4v) is 2.62. The second kappa shape index (κ2) is 5.76. The second-order valence-electron chi connectivity index (χ2n) is 5.34. The molecule has 1 aliphatic rings. The Morgan fingerprint density at radius 2 is 2.00 bits per heavy atom. The molecule has 0 bridgehead atoms. The molecule has 0 amide bonds. The maximum atomic E-state index is 11.2. The molecule has 7 nitrogen and oxygen atoms in total. The fourth-order valence-electron chi connectivity index (χ4n) is 2.62. The van der Waals surface area contributed by atoms with E-state index in [9.17, 15) is 10.1 Å². The topological polar surface area (TPSA) is 73.4 Å². The van der Waals surface area contributed by atoms with Gasteiger partial charge in [0.2, 0.25) is 0 Å². The maximum absolute atomic E-state index is 11.2. The number of benzene rings is 1. The monoisotopic (exact) mass is 302 g/mol. The van der Waals surface area contributed by atoms with Gasteiger partial charge < -0.3 is 14.2 Å². The van der Waals surface area contributed by atoms with Gasteiger partial charge in [-0.1, -0.05) is 0 Å². The van der Waals surface area contributed by atoms with E-state index >= 15 is 0 Å². The van der Waals surface area contributed by atoms with Crippen LogP contribution in [-0.4, -0.2) is 40.8 Å². The number of ether oxygens (including phenoxy) is 1. The molecule has 2 heterocycles. The predicted octanol–water partition coefficient (Wildman–Crippen LogP) is 2.14. The number of non-ortho nitro benzene ring substituents is 1. The summed E-state index contributed by atoms with van der Waals surface area (Å²) in [5.74, 6) is 0.870. The highest BCUT2D eigenvalue weighted by Gasteiger charge is 2.18. The smallest absolute Gasteiger partial charge is 0.272 e. The molecule has 1 aromatic heterocycles. The van der Waals surface area contributed by atoms with E-state index in [1.807, 2.05) is 24.6 Å². The molecule has 116 valence electrons. The van der Waals surface area contributed by atoms with Gasteiger partial charge in [-0.15, -0.1) is 0 Å². The van der Waals surface area contributed by atoms with Gasteiger partial charge in [0.1, 0.15) is 5.82 Å². The molecule has 1 fully saturated rings. The van der Waals surface area contributed by atoms with Crippen LogP contribution >= 0.6 is 0 Å². The summed E-state index contributed by atoms with van der Waals surface area (Å²) in [7, 11) is 1.91. The minimum atomic E-state index is -0.351. The third-order valence-electron chi connectivity index (χ3n) is 4.01. The molecule has 3 rings (SSSR count). The Morgan fingerprint density at radius 1 is 1.27 bits per heavy atom. The molecule has 0 radical (unpaired) electrons. The van der Waals surface area contributed by atoms with Crippen LogP contribution in [0.3, 0.4) is 0 Å². The number of anilines is 1. The summed E-state index contributed by atoms with van der Waals surface area (Å²) < 4.78 is 7.28. The van der Waals surface area contributed by atoms with Gasteiger partial charge in [-0.2, -0.15) is 0 Å². The zero-order chi connectivity index (χ0) is 15.7. The summed E-state index contributed by atoms with van der Waals surface area (Å²) in [5, 5.41) is 11.2. The van der Waals surface area contributed by atoms with Crippen LogP contribution in [0.1, 0.15) is 5.82 Å². The first-order valence-corrected chi connectivity index (χ1v) is 7.17. The second-order valence-corrected chi connectivity index (χ2v) is 5.34. The van der Waals surface area contributed by atoms with Gasteiger partial charge in [0.15, 0.2) is 0 Å². The number of nitrogens with zero attached hydrogens (tertiary/aromatic N) is 4. The Hall–Kier alpha value is -2.41. The van der Waals surface area contributed by atoms with Gasteiger partial charge in [0, 0.05) is 43.5 Å². The van der Waals surface area contributed by atoms with E-state index in [-0.39, 0.29) is 10.6 Å². The number of aryl methyl sites for hydroxylation is 1. The summed E-state index contributed by atoms with van der Waals surface area (Å²) in [6.45, 7) is 4.67. The highest BCUT2D eigenvalue weighted by Crippen LogP contribution is 2.31. The van der Waals surface area contributed by atoms with Gasteiger partial charge in [0.05, 0.1) is 30.0 Å². The molecule has 22 heavy (non-hydrogen) atoms. The van der Waals surface area contributed by atoms with Crippen molar-refractivity contribution in [1.29, 1.82) is 0 Å². The van der Waals surface area contributed by atoms with Crippen molar-refractivity contribution in [2.75, 3.05) is 31.2 Å². The van der Waals surface area contributed by atoms with E-state index < -0.39 is 0 Å². The average Bonchev–Trinajstić information content (AvgIpc) is 2.87. The molecule has 0 saturated carbocycles. The molecular weight excluding hydrogens is 284 g/mol. The van der Waals surface area contributed by atoms with Crippen LogP contribution in [-0.2, 0) is 11.8 Å². The molecule has 0 atom stereocenters. The minimum absolute atomic E-state index is 0.0952. The zero-order valence-corrected chi connectivity index (χ0v) is 12.7. The highest BCUT2D eigenvalue weighted by molar-refractivity contribution is 5.70. The summed E-state index contributed by atoms with van der Waals surface area (Å²) >= 11 is 0. The average molecular weight is 302 g/mol. The molecule has 1 aromatic carbocycles. The SMILES string of the molecule is Cc1ncc(-c2cc(N3CCOCC3)cc([N+](=O)[O-])c2)n1C. The summed E-state index contributed by atoms with van der Waals surface area (Å²) in [4.78, 5) is 17.3. The van der Waals surface area contributed by atoms with Crippen LogP contribution in [0.25, 0.3) is 11.3 Å². The van der Waals surface area contributed by atoms with Crippen molar-refractivity contribution < 1.29 is 9.66 Å². The van der Waals surface area contributed by atoms with E-state index in [0.717, 1.165) is 35.9 Å². The van der Waals surface area contributed by atoms with Crippen molar-refractivity contribution in [3.8, 4) is 11.3 Å². The first-order chi connectivity index (χ1) is 10.6. The lowest BCUT2D eigenvalue weighted by atomic mass is 10.1. The first-order valence-electron chi connectivity index (χ1n) is 7.17. The Bertz CT molecular complexity index is 705. The predicted molar refractivity (Wildman–Crippen MR) is 83.1 cm³/mol. The van der Waals surface area contributed by atoms with Crippen LogP contribution in [0.15, 0.2) is 24.4 Å². The number of imidazole rings is 1. The molecule has 1 aliphatic heterocycles. The van der Waals surface area contributed by atoms with Crippen LogP contribution in [0.4, 0.5) is 11.4 Å². The Labute approximate surface area is 128 Å². The molecular formula is C15H18N4O3. The van der Waals surface area contributed by atoms with Crippen molar-refractivity contribution in [2.45, 2.75) is 6.92 Å². The molecule has 0 aliphatic carbocycles. The van der Waals surface area contributed by atoms with Gasteiger partial charge in [-0.05, 0) is 13.0 Å². The molecule has 0 N–H and O–H groups in total. The summed E-state index contributed by atoms with van der Waals surface area (Å²) in [5.41, 5.74) is 2.62. The zero-order valence-electron chi connectivity index (χ0n) is 12.7. The summed E-state index contributed by atoms with van der Waals surface area (Å²) in [6, 6.07) is 5.20. The van der Waals surface area contributed by atoms with Gasteiger partial charge in [-0.25, -0.2) is 4.98 Å². The highest BCUT2D eigenvalue weighted by atomic mass is 16.6. The number of aromatic nitrogens is 2. The number of nitro benzene ring substituents is 1. The molecule has 0 unspecified atom stereocenters. The number of morpholine rings is 1. The Balaban J connectivity index is 2.07. The quantitative estimate of drug-likeness (QED) is 0.641. The molecule has 7 heteroatoms. The lowest BCUT2D eigenvalue weighted by molar-refractivity contribution is -0.384. The number of rotatable bonds is 3. The van der Waals surface area contributed by atoms with Crippen LogP contribution < -0.4 is 4.90 Å². The largest absolute Gasteiger partial charge is 0.378 e. The van der Waals surface area contributed by atoms with Crippen LogP contribution in [0, 0.1) is 17.0 Å². The van der Waals surface area contributed by atoms with E-state index in [1.165, 1.54) is 0 Å². The summed E-state index contributed by atoms with van der Waals surface area (Å²) in [6.07, 6.45) is 1.75. The van der Waals surface area contributed by atoms with Gasteiger partial charge >= 0.3 is 0 Å². The number of nitro groups is 1. The normalized spacial score (nSPS) is 15.1. The third kappa shape index (κ3) is 2.67. The van der Waals surface area contributed by atoms with E-state index in [1.54, 1.807) is 18.3 Å². The van der Waals surface area contributed by atoms with E-state index in [0.29, 0.717) is 13.2 Å². The van der Waals surface area contributed by atoms with Crippen molar-refractivity contribution in [2.24, 2.45) is 7.05 Å². The first kappa shape index (κ1) is 14.5. The van der Waals surface area contributed by atoms with E-state index in [2.05, 4.69) is 9.88 Å². The Morgan fingerprint density at radius 3 is 2.59 bits per heavy atom. The van der Waals surface area contributed by atoms with Crippen molar-refractivity contribution in [3.05, 3.63) is 40.3 Å². The van der Waals surface area contributed by atoms with E-state index in [4.69, 9.17) is 4.74 Å². The Kier molecular flexibility index (Phi) is 3.81. The minimum Gasteiger partial charge on any atom is -0.378 e. The third-order valence-corrected chi connectivity index (χ3v) is 4.01. The maximum Gasteiger partial charge on any atom is 0.272 e. The lowest BCUT2D eigenvalue weighted by Gasteiger charge is -2.29. The molecule has 1 saturated heterocycles. The molecule has 2 aromatic rings. The number of hydrogen-bond acceptors (Lipinski definition) is 5. The number of hydrogen-bond donors (Lipinski definition) is 0. The van der Waals surface area contributed by atoms with Gasteiger partial charge in [0.25, 0.3) is 5.69 Å². The fraction of sp³-hybridized carbons (Fsp3) is 0.400. The van der Waals surface area contributed by atoms with Crippen molar-refractivity contribution in [1.82, 2.24) is 9.55 Å². The molecule has 0 spiro atoms. The van der Waals surface area contributed by atoms with Crippen molar-refractivity contribution in [3.63, 3.8) is 0 Å². The van der Waals surface area contributed by atoms with Crippen LogP contribution in [0.2, 0.25) is 0 Å². The standard InChI is InChI=1S/C15H18N4O3/c1-11-16-10-15(17(11)2)12-7-13(9-14(8-12)19(20)21)18-3-5-22-6-4-18/h7-10H,3-6H2,1-2H3. The van der Waals surface area contributed by atoms with Crippen molar-refractivity contribution >= 4 is 11.4 Å². The van der Waals surface area contributed by atoms with Gasteiger partial charge in [-0.3, -0.25) is 10.1 Å². The lowest BCUT2D eigenvalue weighted by Crippen LogP contribution is -2.36.